The van der Waals surface area contributed by atoms with Crippen LogP contribution >= 0.6 is 0 Å². The number of carbonyl (C=O) groups excluding carboxylic acids is 2. The molecule has 0 spiro atoms. The van der Waals surface area contributed by atoms with Crippen LogP contribution in [0.2, 0.25) is 0 Å². The number of piperidine rings is 1. The lowest BCUT2D eigenvalue weighted by Crippen LogP contribution is -2.44. The van der Waals surface area contributed by atoms with Crippen molar-refractivity contribution in [2.24, 2.45) is 0 Å². The molecule has 8 nitrogen and oxygen atoms in total. The van der Waals surface area contributed by atoms with Crippen LogP contribution in [0.4, 0.5) is 5.82 Å². The summed E-state index contributed by atoms with van der Waals surface area (Å²) < 4.78 is 0. The highest BCUT2D eigenvalue weighted by molar-refractivity contribution is 5.83. The van der Waals surface area contributed by atoms with Crippen LogP contribution in [0, 0.1) is 0 Å². The summed E-state index contributed by atoms with van der Waals surface area (Å²) in [4.78, 5) is 38.6. The Bertz CT molecular complexity index is 811. The number of pyridine rings is 1. The van der Waals surface area contributed by atoms with E-state index < -0.39 is 0 Å². The first kappa shape index (κ1) is 18.8. The lowest BCUT2D eigenvalue weighted by molar-refractivity contribution is -0.133. The van der Waals surface area contributed by atoms with E-state index in [-0.39, 0.29) is 24.3 Å². The number of amides is 2. The van der Waals surface area contributed by atoms with Gasteiger partial charge in [0.25, 0.3) is 0 Å². The molecule has 1 fully saturated rings. The molecular weight excluding hydrogens is 344 g/mol. The van der Waals surface area contributed by atoms with Gasteiger partial charge in [-0.3, -0.25) is 14.6 Å². The molecule has 0 radical (unpaired) electrons. The Morgan fingerprint density at radius 2 is 2.19 bits per heavy atom. The van der Waals surface area contributed by atoms with Crippen LogP contribution in [0.15, 0.2) is 30.6 Å². The molecule has 27 heavy (non-hydrogen) atoms. The first-order valence-electron chi connectivity index (χ1n) is 9.06. The zero-order chi connectivity index (χ0) is 19.2. The molecule has 142 valence electrons. The Labute approximate surface area is 158 Å². The minimum Gasteiger partial charge on any atom is -0.373 e. The largest absolute Gasteiger partial charge is 0.373 e. The molecule has 0 unspecified atom stereocenters. The average Bonchev–Trinajstić information content (AvgIpc) is 2.72. The molecule has 1 aliphatic rings. The minimum atomic E-state index is -0.201. The smallest absolute Gasteiger partial charge is 0.241 e. The number of rotatable bonds is 5. The Balaban J connectivity index is 1.80. The van der Waals surface area contributed by atoms with E-state index in [4.69, 9.17) is 4.98 Å². The molecule has 3 rings (SSSR count). The van der Waals surface area contributed by atoms with Gasteiger partial charge in [-0.1, -0.05) is 0 Å². The van der Waals surface area contributed by atoms with E-state index in [1.807, 2.05) is 25.2 Å². The first-order chi connectivity index (χ1) is 13.1. The number of carbonyl (C=O) groups is 2. The van der Waals surface area contributed by atoms with Crippen molar-refractivity contribution in [3.63, 3.8) is 0 Å². The fourth-order valence-corrected chi connectivity index (χ4v) is 3.18. The molecule has 3 heterocycles. The summed E-state index contributed by atoms with van der Waals surface area (Å²) in [5.74, 6) is 1.22. The van der Waals surface area contributed by atoms with E-state index in [0.29, 0.717) is 18.9 Å². The maximum Gasteiger partial charge on any atom is 0.241 e. The summed E-state index contributed by atoms with van der Waals surface area (Å²) in [7, 11) is 1.82. The third-order valence-electron chi connectivity index (χ3n) is 4.60. The van der Waals surface area contributed by atoms with Crippen molar-refractivity contribution >= 4 is 17.6 Å². The third kappa shape index (κ3) is 4.78. The van der Waals surface area contributed by atoms with Gasteiger partial charge in [-0.15, -0.1) is 0 Å². The van der Waals surface area contributed by atoms with Gasteiger partial charge < -0.3 is 15.5 Å². The fourth-order valence-electron chi connectivity index (χ4n) is 3.18. The monoisotopic (exact) mass is 368 g/mol. The van der Waals surface area contributed by atoms with Crippen molar-refractivity contribution in [2.75, 3.05) is 32.0 Å². The second-order valence-corrected chi connectivity index (χ2v) is 6.58. The highest BCUT2D eigenvalue weighted by Gasteiger charge is 2.26. The molecule has 2 aromatic rings. The second-order valence-electron chi connectivity index (χ2n) is 6.58. The number of likely N-dealkylation sites (tertiary alicyclic amines) is 1. The molecule has 0 aliphatic carbocycles. The SMILES string of the molecule is CNc1cc([C@@H]2CCCN(C(=O)CNC(C)=O)C2)nc(-c2cccnc2)n1. The quantitative estimate of drug-likeness (QED) is 0.828. The maximum absolute atomic E-state index is 12.3. The van der Waals surface area contributed by atoms with Gasteiger partial charge in [0.1, 0.15) is 5.82 Å². The summed E-state index contributed by atoms with van der Waals surface area (Å²) in [5, 5.41) is 5.66. The Morgan fingerprint density at radius 1 is 1.33 bits per heavy atom. The lowest BCUT2D eigenvalue weighted by atomic mass is 9.94. The molecule has 2 aromatic heterocycles. The third-order valence-corrected chi connectivity index (χ3v) is 4.60. The fraction of sp³-hybridized carbons (Fsp3) is 0.421. The zero-order valence-electron chi connectivity index (χ0n) is 15.6. The average molecular weight is 368 g/mol. The van der Waals surface area contributed by atoms with Crippen molar-refractivity contribution in [3.8, 4) is 11.4 Å². The topological polar surface area (TPSA) is 100 Å². The van der Waals surface area contributed by atoms with E-state index in [0.717, 1.165) is 29.9 Å². The molecule has 0 bridgehead atoms. The Hall–Kier alpha value is -3.03. The number of aromatic nitrogens is 3. The van der Waals surface area contributed by atoms with Gasteiger partial charge in [0.05, 0.1) is 12.2 Å². The molecule has 8 heteroatoms. The van der Waals surface area contributed by atoms with E-state index in [2.05, 4.69) is 20.6 Å². The zero-order valence-corrected chi connectivity index (χ0v) is 15.6. The predicted octanol–water partition coefficient (Wildman–Crippen LogP) is 1.42. The van der Waals surface area contributed by atoms with Gasteiger partial charge in [0.15, 0.2) is 5.82 Å². The van der Waals surface area contributed by atoms with Gasteiger partial charge >= 0.3 is 0 Å². The molecule has 2 amide bonds. The molecule has 1 atom stereocenters. The number of anilines is 1. The number of nitrogens with one attached hydrogen (secondary N) is 2. The summed E-state index contributed by atoms with van der Waals surface area (Å²) in [6.07, 6.45) is 5.31. The lowest BCUT2D eigenvalue weighted by Gasteiger charge is -2.32. The number of hydrogen-bond acceptors (Lipinski definition) is 6. The summed E-state index contributed by atoms with van der Waals surface area (Å²) >= 11 is 0. The van der Waals surface area contributed by atoms with Gasteiger partial charge in [-0.25, -0.2) is 9.97 Å². The van der Waals surface area contributed by atoms with Crippen LogP contribution in [-0.4, -0.2) is 58.3 Å². The summed E-state index contributed by atoms with van der Waals surface area (Å²) in [6, 6.07) is 5.72. The van der Waals surface area contributed by atoms with Crippen molar-refractivity contribution in [2.45, 2.75) is 25.7 Å². The van der Waals surface area contributed by atoms with Crippen LogP contribution in [-0.2, 0) is 9.59 Å². The minimum absolute atomic E-state index is 0.0362. The normalized spacial score (nSPS) is 16.7. The molecule has 0 saturated carbocycles. The molecule has 2 N–H and O–H groups in total. The molecule has 1 saturated heterocycles. The van der Waals surface area contributed by atoms with Gasteiger partial charge in [-0.2, -0.15) is 0 Å². The van der Waals surface area contributed by atoms with Crippen molar-refractivity contribution < 1.29 is 9.59 Å². The van der Waals surface area contributed by atoms with Crippen molar-refractivity contribution in [1.29, 1.82) is 0 Å². The van der Waals surface area contributed by atoms with Crippen LogP contribution in [0.1, 0.15) is 31.4 Å². The van der Waals surface area contributed by atoms with Crippen molar-refractivity contribution in [3.05, 3.63) is 36.3 Å². The molecule has 1 aliphatic heterocycles. The van der Waals surface area contributed by atoms with E-state index >= 15 is 0 Å². The van der Waals surface area contributed by atoms with Crippen molar-refractivity contribution in [1.82, 2.24) is 25.2 Å². The maximum atomic E-state index is 12.3. The van der Waals surface area contributed by atoms with Crippen LogP contribution in [0.3, 0.4) is 0 Å². The Kier molecular flexibility index (Phi) is 5.95. The second kappa shape index (κ2) is 8.57. The summed E-state index contributed by atoms with van der Waals surface area (Å²) in [6.45, 7) is 2.74. The number of nitrogens with zero attached hydrogens (tertiary/aromatic N) is 4. The van der Waals surface area contributed by atoms with Gasteiger partial charge in [0.2, 0.25) is 11.8 Å². The first-order valence-corrected chi connectivity index (χ1v) is 9.06. The predicted molar refractivity (Wildman–Crippen MR) is 102 cm³/mol. The standard InChI is InChI=1S/C19H24N6O2/c1-13(26)22-11-18(27)25-8-4-6-15(12-25)16-9-17(20-2)24-19(23-16)14-5-3-7-21-10-14/h3,5,7,9-10,15H,4,6,8,11-12H2,1-2H3,(H,22,26)(H,20,23,24)/t15-/m1/s1. The van der Waals surface area contributed by atoms with E-state index in [9.17, 15) is 9.59 Å². The van der Waals surface area contributed by atoms with Gasteiger partial charge in [-0.05, 0) is 25.0 Å². The van der Waals surface area contributed by atoms with Crippen LogP contribution < -0.4 is 10.6 Å². The van der Waals surface area contributed by atoms with E-state index in [1.165, 1.54) is 6.92 Å². The highest BCUT2D eigenvalue weighted by Crippen LogP contribution is 2.28. The van der Waals surface area contributed by atoms with Crippen LogP contribution in [0.5, 0.6) is 0 Å². The molecular formula is C19H24N6O2. The number of hydrogen-bond donors (Lipinski definition) is 2. The van der Waals surface area contributed by atoms with Crippen LogP contribution in [0.25, 0.3) is 11.4 Å². The van der Waals surface area contributed by atoms with Gasteiger partial charge in [0, 0.05) is 57.0 Å². The molecule has 0 aromatic carbocycles. The highest BCUT2D eigenvalue weighted by atomic mass is 16.2. The summed E-state index contributed by atoms with van der Waals surface area (Å²) in [5.41, 5.74) is 1.76. The van der Waals surface area contributed by atoms with E-state index in [1.54, 1.807) is 17.3 Å². The Morgan fingerprint density at radius 3 is 2.89 bits per heavy atom.